The Hall–Kier alpha value is -1.81. The molecule has 2 rings (SSSR count). The summed E-state index contributed by atoms with van der Waals surface area (Å²) in [6.45, 7) is 2.83. The molecule has 0 fully saturated rings. The molecule has 0 aliphatic heterocycles. The number of aryl methyl sites for hydroxylation is 1. The van der Waals surface area contributed by atoms with Crippen LogP contribution in [0.15, 0.2) is 34.9 Å². The lowest BCUT2D eigenvalue weighted by Crippen LogP contribution is -2.07. The average molecular weight is 249 g/mol. The molecule has 0 unspecified atom stereocenters. The monoisotopic (exact) mass is 249 g/mol. The number of ether oxygens (including phenoxy) is 1. The van der Waals surface area contributed by atoms with Gasteiger partial charge in [-0.2, -0.15) is 0 Å². The first kappa shape index (κ1) is 12.6. The molecule has 0 aliphatic carbocycles. The topological polar surface area (TPSA) is 34.4 Å². The molecule has 18 heavy (non-hydrogen) atoms. The van der Waals surface area contributed by atoms with Gasteiger partial charge >= 0.3 is 0 Å². The van der Waals surface area contributed by atoms with Crippen LogP contribution in [0.5, 0.6) is 5.75 Å². The Morgan fingerprint density at radius 2 is 2.17 bits per heavy atom. The van der Waals surface area contributed by atoms with Crippen LogP contribution in [0.1, 0.15) is 16.9 Å². The Kier molecular flexibility index (Phi) is 3.99. The fourth-order valence-electron chi connectivity index (χ4n) is 1.69. The van der Waals surface area contributed by atoms with Gasteiger partial charge in [-0.25, -0.2) is 4.39 Å². The van der Waals surface area contributed by atoms with E-state index < -0.39 is 0 Å². The van der Waals surface area contributed by atoms with Crippen molar-refractivity contribution in [3.8, 4) is 5.75 Å². The van der Waals surface area contributed by atoms with Gasteiger partial charge in [0.2, 0.25) is 0 Å². The fraction of sp³-hybridized carbons (Fsp3) is 0.286. The second-order valence-corrected chi connectivity index (χ2v) is 4.12. The molecule has 0 spiro atoms. The van der Waals surface area contributed by atoms with E-state index >= 15 is 0 Å². The summed E-state index contributed by atoms with van der Waals surface area (Å²) < 4.78 is 24.3. The minimum Gasteiger partial charge on any atom is -0.486 e. The van der Waals surface area contributed by atoms with Gasteiger partial charge < -0.3 is 14.5 Å². The second-order valence-electron chi connectivity index (χ2n) is 4.12. The fourth-order valence-corrected chi connectivity index (χ4v) is 1.69. The first-order valence-electron chi connectivity index (χ1n) is 5.79. The van der Waals surface area contributed by atoms with Gasteiger partial charge in [-0.3, -0.25) is 0 Å². The molecule has 1 aromatic carbocycles. The number of hydrogen-bond donors (Lipinski definition) is 1. The molecule has 0 atom stereocenters. The molecule has 1 N–H and O–H groups in total. The maximum absolute atomic E-state index is 13.5. The van der Waals surface area contributed by atoms with Crippen molar-refractivity contribution in [1.29, 1.82) is 0 Å². The zero-order valence-electron chi connectivity index (χ0n) is 10.5. The van der Waals surface area contributed by atoms with Gasteiger partial charge in [-0.15, -0.1) is 0 Å². The van der Waals surface area contributed by atoms with E-state index in [0.29, 0.717) is 13.2 Å². The van der Waals surface area contributed by atoms with Crippen LogP contribution in [0.25, 0.3) is 0 Å². The molecule has 0 saturated carbocycles. The van der Waals surface area contributed by atoms with Crippen molar-refractivity contribution in [2.24, 2.45) is 0 Å². The van der Waals surface area contributed by atoms with Crippen LogP contribution in [0.4, 0.5) is 4.39 Å². The third-order valence-electron chi connectivity index (χ3n) is 2.64. The number of halogens is 1. The normalized spacial score (nSPS) is 10.6. The van der Waals surface area contributed by atoms with Crippen LogP contribution in [0.2, 0.25) is 0 Å². The van der Waals surface area contributed by atoms with E-state index in [0.717, 1.165) is 16.9 Å². The first-order chi connectivity index (χ1) is 8.70. The number of benzene rings is 1. The largest absolute Gasteiger partial charge is 0.486 e. The van der Waals surface area contributed by atoms with Crippen LogP contribution in [-0.2, 0) is 13.2 Å². The number of furan rings is 1. The van der Waals surface area contributed by atoms with E-state index in [-0.39, 0.29) is 11.6 Å². The van der Waals surface area contributed by atoms with E-state index in [1.54, 1.807) is 18.4 Å². The van der Waals surface area contributed by atoms with Crippen LogP contribution in [0, 0.1) is 12.7 Å². The summed E-state index contributed by atoms with van der Waals surface area (Å²) in [7, 11) is 1.84. The summed E-state index contributed by atoms with van der Waals surface area (Å²) >= 11 is 0. The van der Waals surface area contributed by atoms with Gasteiger partial charge in [-0.05, 0) is 37.7 Å². The molecular formula is C14H16FNO2. The molecule has 0 radical (unpaired) electrons. The van der Waals surface area contributed by atoms with Crippen LogP contribution < -0.4 is 10.1 Å². The van der Waals surface area contributed by atoms with Crippen LogP contribution in [0.3, 0.4) is 0 Å². The summed E-state index contributed by atoms with van der Waals surface area (Å²) in [6.07, 6.45) is 1.61. The summed E-state index contributed by atoms with van der Waals surface area (Å²) in [5, 5.41) is 3.01. The molecule has 4 heteroatoms. The van der Waals surface area contributed by atoms with Gasteiger partial charge in [0, 0.05) is 5.56 Å². The Balaban J connectivity index is 2.06. The Morgan fingerprint density at radius 3 is 2.94 bits per heavy atom. The lowest BCUT2D eigenvalue weighted by atomic mass is 10.2. The molecule has 1 aromatic heterocycles. The Labute approximate surface area is 106 Å². The quantitative estimate of drug-likeness (QED) is 0.884. The molecule has 0 amide bonds. The van der Waals surface area contributed by atoms with Crippen molar-refractivity contribution in [3.63, 3.8) is 0 Å². The summed E-state index contributed by atoms with van der Waals surface area (Å²) in [5.74, 6) is 0.733. The van der Waals surface area contributed by atoms with E-state index in [2.05, 4.69) is 5.32 Å². The van der Waals surface area contributed by atoms with Gasteiger partial charge in [-0.1, -0.05) is 6.07 Å². The number of rotatable bonds is 5. The van der Waals surface area contributed by atoms with Crippen molar-refractivity contribution in [2.45, 2.75) is 20.1 Å². The average Bonchev–Trinajstić information content (AvgIpc) is 2.78. The van der Waals surface area contributed by atoms with Crippen LogP contribution in [-0.4, -0.2) is 7.05 Å². The third-order valence-corrected chi connectivity index (χ3v) is 2.64. The number of nitrogens with one attached hydrogen (secondary N) is 1. The molecule has 2 aromatic rings. The summed E-state index contributed by atoms with van der Waals surface area (Å²) in [5.41, 5.74) is 1.89. The minimum absolute atomic E-state index is 0.270. The van der Waals surface area contributed by atoms with Crippen LogP contribution >= 0.6 is 0 Å². The summed E-state index contributed by atoms with van der Waals surface area (Å²) in [4.78, 5) is 0. The summed E-state index contributed by atoms with van der Waals surface area (Å²) in [6, 6.07) is 6.65. The van der Waals surface area contributed by atoms with Gasteiger partial charge in [0.15, 0.2) is 11.6 Å². The maximum Gasteiger partial charge on any atom is 0.165 e. The molecular weight excluding hydrogens is 233 g/mol. The Bertz CT molecular complexity index is 522. The SMILES string of the molecule is CNCc1occc1COc1cc(C)ccc1F. The first-order valence-corrected chi connectivity index (χ1v) is 5.79. The highest BCUT2D eigenvalue weighted by atomic mass is 19.1. The highest BCUT2D eigenvalue weighted by Crippen LogP contribution is 2.21. The maximum atomic E-state index is 13.5. The molecule has 0 saturated heterocycles. The van der Waals surface area contributed by atoms with Crippen molar-refractivity contribution < 1.29 is 13.5 Å². The number of hydrogen-bond acceptors (Lipinski definition) is 3. The van der Waals surface area contributed by atoms with E-state index in [1.165, 1.54) is 6.07 Å². The van der Waals surface area contributed by atoms with Crippen molar-refractivity contribution in [1.82, 2.24) is 5.32 Å². The zero-order chi connectivity index (χ0) is 13.0. The third kappa shape index (κ3) is 2.90. The highest BCUT2D eigenvalue weighted by Gasteiger charge is 2.08. The second kappa shape index (κ2) is 5.69. The van der Waals surface area contributed by atoms with Crippen molar-refractivity contribution >= 4 is 0 Å². The minimum atomic E-state index is -0.348. The van der Waals surface area contributed by atoms with Gasteiger partial charge in [0.1, 0.15) is 12.4 Å². The highest BCUT2D eigenvalue weighted by molar-refractivity contribution is 5.30. The van der Waals surface area contributed by atoms with E-state index in [1.807, 2.05) is 20.0 Å². The standard InChI is InChI=1S/C14H16FNO2/c1-10-3-4-12(15)13(7-10)18-9-11-5-6-17-14(11)8-16-2/h3-7,16H,8-9H2,1-2H3. The van der Waals surface area contributed by atoms with Crippen molar-refractivity contribution in [3.05, 3.63) is 53.2 Å². The van der Waals surface area contributed by atoms with Gasteiger partial charge in [0.05, 0.1) is 12.8 Å². The molecule has 3 nitrogen and oxygen atoms in total. The molecule has 0 aliphatic rings. The van der Waals surface area contributed by atoms with Crippen molar-refractivity contribution in [2.75, 3.05) is 7.05 Å². The lowest BCUT2D eigenvalue weighted by molar-refractivity contribution is 0.286. The van der Waals surface area contributed by atoms with E-state index in [9.17, 15) is 4.39 Å². The Morgan fingerprint density at radius 1 is 1.33 bits per heavy atom. The predicted molar refractivity (Wildman–Crippen MR) is 66.9 cm³/mol. The molecule has 96 valence electrons. The zero-order valence-corrected chi connectivity index (χ0v) is 10.5. The molecule has 1 heterocycles. The predicted octanol–water partition coefficient (Wildman–Crippen LogP) is 3.03. The van der Waals surface area contributed by atoms with E-state index in [4.69, 9.17) is 9.15 Å². The van der Waals surface area contributed by atoms with Gasteiger partial charge in [0.25, 0.3) is 0 Å². The molecule has 0 bridgehead atoms. The smallest absolute Gasteiger partial charge is 0.165 e. The lowest BCUT2D eigenvalue weighted by Gasteiger charge is -2.08.